The van der Waals surface area contributed by atoms with Crippen LogP contribution in [0.5, 0.6) is 0 Å². The van der Waals surface area contributed by atoms with Gasteiger partial charge in [-0.1, -0.05) is 17.7 Å². The fourth-order valence-corrected chi connectivity index (χ4v) is 1.71. The summed E-state index contributed by atoms with van der Waals surface area (Å²) >= 11 is 5.90. The van der Waals surface area contributed by atoms with Gasteiger partial charge in [0.15, 0.2) is 6.29 Å². The van der Waals surface area contributed by atoms with Crippen LogP contribution in [0.3, 0.4) is 0 Å². The van der Waals surface area contributed by atoms with Gasteiger partial charge in [-0.3, -0.25) is 0 Å². The van der Waals surface area contributed by atoms with Gasteiger partial charge in [0.25, 0.3) is 0 Å². The number of hydrogen-bond donors (Lipinski definition) is 1. The summed E-state index contributed by atoms with van der Waals surface area (Å²) < 4.78 is 10.9. The van der Waals surface area contributed by atoms with Crippen LogP contribution in [0.15, 0.2) is 24.3 Å². The van der Waals surface area contributed by atoms with Gasteiger partial charge >= 0.3 is 0 Å². The highest BCUT2D eigenvalue weighted by atomic mass is 35.5. The zero-order valence-electron chi connectivity index (χ0n) is 10.4. The van der Waals surface area contributed by atoms with Crippen molar-refractivity contribution >= 4 is 17.3 Å². The van der Waals surface area contributed by atoms with Crippen molar-refractivity contribution < 1.29 is 9.47 Å². The van der Waals surface area contributed by atoms with Crippen molar-refractivity contribution in [1.82, 2.24) is 0 Å². The Labute approximate surface area is 108 Å². The second kappa shape index (κ2) is 8.34. The van der Waals surface area contributed by atoms with Gasteiger partial charge in [0.2, 0.25) is 0 Å². The third kappa shape index (κ3) is 5.91. The molecule has 0 aliphatic carbocycles. The van der Waals surface area contributed by atoms with E-state index >= 15 is 0 Å². The normalized spacial score (nSPS) is 10.8. The molecule has 4 heteroatoms. The fourth-order valence-electron chi connectivity index (χ4n) is 1.52. The number of rotatable bonds is 8. The third-order valence-electron chi connectivity index (χ3n) is 2.24. The highest BCUT2D eigenvalue weighted by molar-refractivity contribution is 6.30. The highest BCUT2D eigenvalue weighted by Gasteiger charge is 2.06. The standard InChI is InChI=1S/C13H20ClNO2/c1-3-16-13(17-4-2)8-9-15-12-7-5-6-11(14)10-12/h5-7,10,13,15H,3-4,8-9H2,1-2H3. The molecule has 0 aliphatic rings. The van der Waals surface area contributed by atoms with E-state index in [4.69, 9.17) is 21.1 Å². The molecular weight excluding hydrogens is 238 g/mol. The molecule has 0 aromatic heterocycles. The Morgan fingerprint density at radius 1 is 1.24 bits per heavy atom. The Morgan fingerprint density at radius 2 is 1.94 bits per heavy atom. The van der Waals surface area contributed by atoms with Crippen LogP contribution in [0.25, 0.3) is 0 Å². The van der Waals surface area contributed by atoms with Gasteiger partial charge in [-0.15, -0.1) is 0 Å². The van der Waals surface area contributed by atoms with Crippen LogP contribution in [0.1, 0.15) is 20.3 Å². The number of ether oxygens (including phenoxy) is 2. The Morgan fingerprint density at radius 3 is 2.53 bits per heavy atom. The maximum atomic E-state index is 5.90. The predicted molar refractivity (Wildman–Crippen MR) is 71.6 cm³/mol. The molecule has 17 heavy (non-hydrogen) atoms. The molecule has 0 saturated heterocycles. The van der Waals surface area contributed by atoms with Gasteiger partial charge in [-0.05, 0) is 32.0 Å². The van der Waals surface area contributed by atoms with Gasteiger partial charge in [-0.25, -0.2) is 0 Å². The first-order valence-corrected chi connectivity index (χ1v) is 6.36. The second-order valence-electron chi connectivity index (χ2n) is 3.57. The van der Waals surface area contributed by atoms with Crippen LogP contribution in [0.4, 0.5) is 5.69 Å². The first-order valence-electron chi connectivity index (χ1n) is 5.99. The molecule has 0 radical (unpaired) electrons. The minimum Gasteiger partial charge on any atom is -0.385 e. The number of nitrogens with one attached hydrogen (secondary N) is 1. The van der Waals surface area contributed by atoms with Crippen LogP contribution >= 0.6 is 11.6 Å². The molecule has 0 saturated carbocycles. The smallest absolute Gasteiger partial charge is 0.159 e. The number of halogens is 1. The summed E-state index contributed by atoms with van der Waals surface area (Å²) in [7, 11) is 0. The highest BCUT2D eigenvalue weighted by Crippen LogP contribution is 2.15. The van der Waals surface area contributed by atoms with Crippen molar-refractivity contribution in [2.75, 3.05) is 25.1 Å². The molecule has 1 rings (SSSR count). The summed E-state index contributed by atoms with van der Waals surface area (Å²) in [5.74, 6) is 0. The first kappa shape index (κ1) is 14.3. The van der Waals surface area contributed by atoms with Crippen molar-refractivity contribution in [1.29, 1.82) is 0 Å². The van der Waals surface area contributed by atoms with E-state index in [2.05, 4.69) is 5.32 Å². The lowest BCUT2D eigenvalue weighted by molar-refractivity contribution is -0.137. The summed E-state index contributed by atoms with van der Waals surface area (Å²) in [6.07, 6.45) is 0.686. The number of hydrogen-bond acceptors (Lipinski definition) is 3. The van der Waals surface area contributed by atoms with E-state index < -0.39 is 0 Å². The van der Waals surface area contributed by atoms with Crippen LogP contribution in [0.2, 0.25) is 5.02 Å². The number of anilines is 1. The monoisotopic (exact) mass is 257 g/mol. The maximum absolute atomic E-state index is 5.90. The average Bonchev–Trinajstić information content (AvgIpc) is 2.30. The molecule has 1 aromatic rings. The van der Waals surface area contributed by atoms with Gasteiger partial charge in [0, 0.05) is 36.9 Å². The summed E-state index contributed by atoms with van der Waals surface area (Å²) in [6.45, 7) is 6.07. The Kier molecular flexibility index (Phi) is 7.01. The van der Waals surface area contributed by atoms with Crippen molar-refractivity contribution in [2.45, 2.75) is 26.6 Å². The third-order valence-corrected chi connectivity index (χ3v) is 2.47. The lowest BCUT2D eigenvalue weighted by atomic mass is 10.3. The lowest BCUT2D eigenvalue weighted by Crippen LogP contribution is -2.21. The van der Waals surface area contributed by atoms with Crippen molar-refractivity contribution in [3.8, 4) is 0 Å². The van der Waals surface area contributed by atoms with E-state index in [0.29, 0.717) is 13.2 Å². The lowest BCUT2D eigenvalue weighted by Gasteiger charge is -2.17. The van der Waals surface area contributed by atoms with Gasteiger partial charge in [-0.2, -0.15) is 0 Å². The Bertz CT molecular complexity index is 314. The van der Waals surface area contributed by atoms with Gasteiger partial charge in [0.05, 0.1) is 0 Å². The van der Waals surface area contributed by atoms with E-state index in [9.17, 15) is 0 Å². The zero-order valence-corrected chi connectivity index (χ0v) is 11.2. The summed E-state index contributed by atoms with van der Waals surface area (Å²) in [4.78, 5) is 0. The molecule has 3 nitrogen and oxygen atoms in total. The average molecular weight is 258 g/mol. The van der Waals surface area contributed by atoms with Gasteiger partial charge < -0.3 is 14.8 Å². The molecule has 0 atom stereocenters. The van der Waals surface area contributed by atoms with Crippen molar-refractivity contribution in [2.24, 2.45) is 0 Å². The minimum atomic E-state index is -0.128. The molecule has 0 aliphatic heterocycles. The van der Waals surface area contributed by atoms with E-state index in [1.807, 2.05) is 38.1 Å². The predicted octanol–water partition coefficient (Wildman–Crippen LogP) is 3.54. The van der Waals surface area contributed by atoms with Crippen molar-refractivity contribution in [3.63, 3.8) is 0 Å². The maximum Gasteiger partial charge on any atom is 0.159 e. The van der Waals surface area contributed by atoms with E-state index in [1.165, 1.54) is 0 Å². The van der Waals surface area contributed by atoms with Crippen LogP contribution < -0.4 is 5.32 Å². The Balaban J connectivity index is 2.30. The van der Waals surface area contributed by atoms with Gasteiger partial charge in [0.1, 0.15) is 0 Å². The van der Waals surface area contributed by atoms with Crippen LogP contribution in [0, 0.1) is 0 Å². The van der Waals surface area contributed by atoms with Crippen LogP contribution in [-0.4, -0.2) is 26.0 Å². The van der Waals surface area contributed by atoms with E-state index in [0.717, 1.165) is 23.7 Å². The molecular formula is C13H20ClNO2. The van der Waals surface area contributed by atoms with Crippen molar-refractivity contribution in [3.05, 3.63) is 29.3 Å². The topological polar surface area (TPSA) is 30.5 Å². The quantitative estimate of drug-likeness (QED) is 0.723. The molecule has 0 heterocycles. The van der Waals surface area contributed by atoms with E-state index in [-0.39, 0.29) is 6.29 Å². The molecule has 0 amide bonds. The second-order valence-corrected chi connectivity index (χ2v) is 4.00. The Hall–Kier alpha value is -0.770. The molecule has 0 bridgehead atoms. The summed E-state index contributed by atoms with van der Waals surface area (Å²) in [5, 5.41) is 4.03. The SMILES string of the molecule is CCOC(CCNc1cccc(Cl)c1)OCC. The van der Waals surface area contributed by atoms with E-state index in [1.54, 1.807) is 0 Å². The summed E-state index contributed by atoms with van der Waals surface area (Å²) in [5.41, 5.74) is 1.02. The van der Waals surface area contributed by atoms with Crippen LogP contribution in [-0.2, 0) is 9.47 Å². The molecule has 1 aromatic carbocycles. The minimum absolute atomic E-state index is 0.128. The molecule has 0 spiro atoms. The summed E-state index contributed by atoms with van der Waals surface area (Å²) in [6, 6.07) is 7.67. The molecule has 1 N–H and O–H groups in total. The largest absolute Gasteiger partial charge is 0.385 e. The zero-order chi connectivity index (χ0) is 12.5. The molecule has 0 unspecified atom stereocenters. The fraction of sp³-hybridized carbons (Fsp3) is 0.538. The first-order chi connectivity index (χ1) is 8.26. The number of benzene rings is 1. The molecule has 96 valence electrons. The molecule has 0 fully saturated rings.